The fourth-order valence-corrected chi connectivity index (χ4v) is 1.28. The fraction of sp³-hybridized carbons (Fsp3) is 0.273. The van der Waals surface area contributed by atoms with Gasteiger partial charge in [0.25, 0.3) is 5.91 Å². The number of amides is 1. The molecule has 0 aliphatic heterocycles. The first-order valence-electron chi connectivity index (χ1n) is 4.86. The maximum Gasteiger partial charge on any atom is 0.326 e. The Balaban J connectivity index is 2.68. The molecule has 1 aromatic carbocycles. The number of rotatable bonds is 5. The van der Waals surface area contributed by atoms with Crippen LogP contribution in [0.2, 0.25) is 0 Å². The van der Waals surface area contributed by atoms with Crippen LogP contribution in [-0.2, 0) is 16.0 Å². The van der Waals surface area contributed by atoms with E-state index in [1.165, 1.54) is 0 Å². The van der Waals surface area contributed by atoms with Gasteiger partial charge in [-0.1, -0.05) is 30.3 Å². The van der Waals surface area contributed by atoms with Crippen LogP contribution in [0, 0.1) is 0 Å². The summed E-state index contributed by atoms with van der Waals surface area (Å²) in [5.74, 6) is -2.92. The zero-order chi connectivity index (χ0) is 12.8. The van der Waals surface area contributed by atoms with Crippen molar-refractivity contribution >= 4 is 11.9 Å². The van der Waals surface area contributed by atoms with E-state index in [-0.39, 0.29) is 6.42 Å². The number of halogens is 2. The molecule has 92 valence electrons. The van der Waals surface area contributed by atoms with E-state index in [1.54, 1.807) is 35.6 Å². The third-order valence-corrected chi connectivity index (χ3v) is 2.10. The highest BCUT2D eigenvalue weighted by Crippen LogP contribution is 2.04. The van der Waals surface area contributed by atoms with Gasteiger partial charge < -0.3 is 10.4 Å². The van der Waals surface area contributed by atoms with Crippen LogP contribution >= 0.6 is 0 Å². The van der Waals surface area contributed by atoms with E-state index in [9.17, 15) is 18.4 Å². The molecule has 0 unspecified atom stereocenters. The Hall–Kier alpha value is -1.98. The normalized spacial score (nSPS) is 12.2. The van der Waals surface area contributed by atoms with Crippen LogP contribution in [0.25, 0.3) is 0 Å². The summed E-state index contributed by atoms with van der Waals surface area (Å²) in [6.07, 6.45) is -3.25. The molecule has 1 atom stereocenters. The van der Waals surface area contributed by atoms with Crippen LogP contribution < -0.4 is 5.32 Å². The van der Waals surface area contributed by atoms with Crippen molar-refractivity contribution in [2.75, 3.05) is 0 Å². The smallest absolute Gasteiger partial charge is 0.326 e. The molecule has 1 amide bonds. The number of carbonyl (C=O) groups excluding carboxylic acids is 1. The lowest BCUT2D eigenvalue weighted by atomic mass is 10.1. The lowest BCUT2D eigenvalue weighted by molar-refractivity contribution is -0.144. The number of aliphatic carboxylic acids is 1. The Morgan fingerprint density at radius 3 is 2.29 bits per heavy atom. The van der Waals surface area contributed by atoms with Crippen LogP contribution in [0.5, 0.6) is 0 Å². The highest BCUT2D eigenvalue weighted by molar-refractivity contribution is 5.85. The molecule has 0 fully saturated rings. The number of carbonyl (C=O) groups is 2. The first-order valence-corrected chi connectivity index (χ1v) is 4.86. The summed E-state index contributed by atoms with van der Waals surface area (Å²) >= 11 is 0. The van der Waals surface area contributed by atoms with Gasteiger partial charge in [-0.3, -0.25) is 4.79 Å². The first kappa shape index (κ1) is 13.1. The van der Waals surface area contributed by atoms with Gasteiger partial charge in [0.05, 0.1) is 0 Å². The van der Waals surface area contributed by atoms with Gasteiger partial charge in [0, 0.05) is 6.42 Å². The second-order valence-corrected chi connectivity index (χ2v) is 3.39. The molecular formula is C11H11F2NO3. The van der Waals surface area contributed by atoms with Crippen LogP contribution in [0.4, 0.5) is 8.78 Å². The zero-order valence-electron chi connectivity index (χ0n) is 8.77. The molecule has 4 nitrogen and oxygen atoms in total. The first-order chi connectivity index (χ1) is 8.00. The number of hydrogen-bond donors (Lipinski definition) is 2. The SMILES string of the molecule is O=C(N[C@@H](Cc1ccccc1)C(=O)O)C(F)F. The number of alkyl halides is 2. The van der Waals surface area contributed by atoms with Crippen molar-refractivity contribution in [3.8, 4) is 0 Å². The van der Waals surface area contributed by atoms with Gasteiger partial charge in [0.15, 0.2) is 0 Å². The van der Waals surface area contributed by atoms with Crippen LogP contribution in [0.1, 0.15) is 5.56 Å². The Morgan fingerprint density at radius 1 is 1.24 bits per heavy atom. The maximum absolute atomic E-state index is 12.0. The van der Waals surface area contributed by atoms with Crippen LogP contribution in [0.3, 0.4) is 0 Å². The van der Waals surface area contributed by atoms with Gasteiger partial charge in [0.2, 0.25) is 0 Å². The lowest BCUT2D eigenvalue weighted by Crippen LogP contribution is -2.44. The largest absolute Gasteiger partial charge is 0.480 e. The number of carboxylic acid groups (broad SMARTS) is 1. The molecule has 0 aliphatic rings. The predicted octanol–water partition coefficient (Wildman–Crippen LogP) is 1.06. The van der Waals surface area contributed by atoms with E-state index in [0.29, 0.717) is 5.56 Å². The van der Waals surface area contributed by atoms with E-state index in [0.717, 1.165) is 0 Å². The summed E-state index contributed by atoms with van der Waals surface area (Å²) in [5, 5.41) is 10.6. The molecule has 0 saturated heterocycles. The second-order valence-electron chi connectivity index (χ2n) is 3.39. The Bertz CT molecular complexity index is 395. The fourth-order valence-electron chi connectivity index (χ4n) is 1.28. The number of hydrogen-bond acceptors (Lipinski definition) is 2. The van der Waals surface area contributed by atoms with Gasteiger partial charge in [-0.25, -0.2) is 4.79 Å². The number of benzene rings is 1. The highest BCUT2D eigenvalue weighted by Gasteiger charge is 2.24. The van der Waals surface area contributed by atoms with Crippen LogP contribution in [0.15, 0.2) is 30.3 Å². The standard InChI is InChI=1S/C11H11F2NO3/c12-9(13)10(15)14-8(11(16)17)6-7-4-2-1-3-5-7/h1-5,8-9H,6H2,(H,14,15)(H,16,17)/t8-/m0/s1. The van der Waals surface area contributed by atoms with E-state index in [4.69, 9.17) is 5.11 Å². The number of carboxylic acids is 1. The third kappa shape index (κ3) is 4.18. The van der Waals surface area contributed by atoms with E-state index in [1.807, 2.05) is 0 Å². The van der Waals surface area contributed by atoms with E-state index < -0.39 is 24.3 Å². The van der Waals surface area contributed by atoms with Crippen molar-refractivity contribution in [1.29, 1.82) is 0 Å². The minimum absolute atomic E-state index is 0.0331. The van der Waals surface area contributed by atoms with Crippen molar-refractivity contribution in [2.45, 2.75) is 18.9 Å². The van der Waals surface area contributed by atoms with Crippen molar-refractivity contribution in [1.82, 2.24) is 5.32 Å². The molecule has 1 aromatic rings. The summed E-state index contributed by atoms with van der Waals surface area (Å²) in [5.41, 5.74) is 0.648. The monoisotopic (exact) mass is 243 g/mol. The van der Waals surface area contributed by atoms with Crippen molar-refractivity contribution in [3.63, 3.8) is 0 Å². The molecule has 0 spiro atoms. The van der Waals surface area contributed by atoms with Gasteiger partial charge in [0.1, 0.15) is 6.04 Å². The molecule has 2 N–H and O–H groups in total. The zero-order valence-corrected chi connectivity index (χ0v) is 8.77. The van der Waals surface area contributed by atoms with Gasteiger partial charge >= 0.3 is 12.4 Å². The molecule has 0 saturated carbocycles. The Morgan fingerprint density at radius 2 is 1.82 bits per heavy atom. The summed E-state index contributed by atoms with van der Waals surface area (Å²) in [6, 6.07) is 7.11. The molecule has 1 rings (SSSR count). The van der Waals surface area contributed by atoms with Crippen LogP contribution in [-0.4, -0.2) is 29.5 Å². The summed E-state index contributed by atoms with van der Waals surface area (Å²) in [7, 11) is 0. The maximum atomic E-state index is 12.0. The number of nitrogens with one attached hydrogen (secondary N) is 1. The molecule has 0 bridgehead atoms. The Labute approximate surface area is 96.3 Å². The Kier molecular flexibility index (Phi) is 4.56. The minimum Gasteiger partial charge on any atom is -0.480 e. The average Bonchev–Trinajstić information content (AvgIpc) is 2.29. The molecule has 17 heavy (non-hydrogen) atoms. The summed E-state index contributed by atoms with van der Waals surface area (Å²) in [6.45, 7) is 0. The third-order valence-electron chi connectivity index (χ3n) is 2.10. The van der Waals surface area contributed by atoms with Gasteiger partial charge in [-0.2, -0.15) is 8.78 Å². The molecular weight excluding hydrogens is 232 g/mol. The summed E-state index contributed by atoms with van der Waals surface area (Å²) < 4.78 is 24.0. The van der Waals surface area contributed by atoms with Gasteiger partial charge in [-0.15, -0.1) is 0 Å². The van der Waals surface area contributed by atoms with E-state index in [2.05, 4.69) is 0 Å². The molecule has 6 heteroatoms. The highest BCUT2D eigenvalue weighted by atomic mass is 19.3. The second kappa shape index (κ2) is 5.93. The summed E-state index contributed by atoms with van der Waals surface area (Å²) in [4.78, 5) is 21.5. The van der Waals surface area contributed by atoms with E-state index >= 15 is 0 Å². The average molecular weight is 243 g/mol. The van der Waals surface area contributed by atoms with Crippen molar-refractivity contribution < 1.29 is 23.5 Å². The van der Waals surface area contributed by atoms with Gasteiger partial charge in [-0.05, 0) is 5.56 Å². The predicted molar refractivity (Wildman–Crippen MR) is 55.7 cm³/mol. The topological polar surface area (TPSA) is 66.4 Å². The molecule has 0 aromatic heterocycles. The molecule has 0 heterocycles. The minimum atomic E-state index is -3.22. The molecule has 0 radical (unpaired) electrons. The lowest BCUT2D eigenvalue weighted by Gasteiger charge is -2.14. The molecule has 0 aliphatic carbocycles. The van der Waals surface area contributed by atoms with Crippen molar-refractivity contribution in [2.24, 2.45) is 0 Å². The quantitative estimate of drug-likeness (QED) is 0.812. The van der Waals surface area contributed by atoms with Crippen molar-refractivity contribution in [3.05, 3.63) is 35.9 Å².